The Morgan fingerprint density at radius 1 is 1.57 bits per heavy atom. The molecule has 0 aliphatic heterocycles. The van der Waals surface area contributed by atoms with Crippen molar-refractivity contribution in [2.75, 3.05) is 0 Å². The summed E-state index contributed by atoms with van der Waals surface area (Å²) in [6.45, 7) is 4.37. The topological polar surface area (TPSA) is 17.1 Å². The number of carbonyl (C=O) groups excluding carboxylic acids is 1. The summed E-state index contributed by atoms with van der Waals surface area (Å²) >= 11 is 4.90. The molecule has 0 radical (unpaired) electrons. The van der Waals surface area contributed by atoms with E-state index in [0.717, 1.165) is 22.2 Å². The van der Waals surface area contributed by atoms with E-state index in [-0.39, 0.29) is 5.78 Å². The number of Topliss-reactive ketones (excluding diaryl/α,β-unsaturated/α-hetero) is 1. The molecule has 1 aromatic heterocycles. The lowest BCUT2D eigenvalue weighted by Crippen LogP contribution is -1.98. The average molecular weight is 275 g/mol. The molecule has 0 saturated carbocycles. The Bertz CT molecular complexity index is 304. The molecule has 78 valence electrons. The summed E-state index contributed by atoms with van der Waals surface area (Å²) in [7, 11) is 0. The summed E-state index contributed by atoms with van der Waals surface area (Å²) in [5, 5.41) is 1.94. The lowest BCUT2D eigenvalue weighted by Gasteiger charge is -2.02. The molecule has 0 saturated heterocycles. The molecular formula is C11H15BrOS. The lowest BCUT2D eigenvalue weighted by molar-refractivity contribution is 0.0981. The normalized spacial score (nSPS) is 10.9. The van der Waals surface area contributed by atoms with Gasteiger partial charge in [-0.3, -0.25) is 4.79 Å². The number of thiophene rings is 1. The van der Waals surface area contributed by atoms with Crippen LogP contribution in [0.3, 0.4) is 0 Å². The van der Waals surface area contributed by atoms with E-state index < -0.39 is 0 Å². The molecule has 1 heterocycles. The van der Waals surface area contributed by atoms with Gasteiger partial charge in [-0.05, 0) is 39.7 Å². The maximum atomic E-state index is 11.7. The van der Waals surface area contributed by atoms with Gasteiger partial charge in [0.15, 0.2) is 5.78 Å². The van der Waals surface area contributed by atoms with Gasteiger partial charge in [0.05, 0.1) is 4.88 Å². The molecule has 3 heteroatoms. The van der Waals surface area contributed by atoms with Crippen LogP contribution in [0.2, 0.25) is 0 Å². The second kappa shape index (κ2) is 5.66. The second-order valence-corrected chi connectivity index (χ2v) is 5.58. The van der Waals surface area contributed by atoms with Crippen molar-refractivity contribution in [3.8, 4) is 0 Å². The molecule has 0 aliphatic carbocycles. The second-order valence-electron chi connectivity index (χ2n) is 3.81. The van der Waals surface area contributed by atoms with Gasteiger partial charge in [0, 0.05) is 10.9 Å². The van der Waals surface area contributed by atoms with Crippen LogP contribution in [0.15, 0.2) is 15.9 Å². The third-order valence-corrected chi connectivity index (χ3v) is 3.93. The Morgan fingerprint density at radius 2 is 2.29 bits per heavy atom. The fourth-order valence-electron chi connectivity index (χ4n) is 1.28. The highest BCUT2D eigenvalue weighted by Crippen LogP contribution is 2.24. The number of rotatable bonds is 5. The van der Waals surface area contributed by atoms with Crippen molar-refractivity contribution in [1.82, 2.24) is 0 Å². The number of hydrogen-bond donors (Lipinski definition) is 0. The Balaban J connectivity index is 2.40. The van der Waals surface area contributed by atoms with Crippen LogP contribution in [-0.2, 0) is 0 Å². The van der Waals surface area contributed by atoms with Crippen molar-refractivity contribution >= 4 is 33.0 Å². The zero-order valence-electron chi connectivity index (χ0n) is 8.55. The molecule has 0 bridgehead atoms. The van der Waals surface area contributed by atoms with Gasteiger partial charge in [-0.25, -0.2) is 0 Å². The SMILES string of the molecule is CC(C)CCCC(=O)c1sccc1Br. The standard InChI is InChI=1S/C11H15BrOS/c1-8(2)4-3-5-10(13)11-9(12)6-7-14-11/h6-8H,3-5H2,1-2H3. The Kier molecular flexibility index (Phi) is 4.82. The molecular weight excluding hydrogens is 260 g/mol. The summed E-state index contributed by atoms with van der Waals surface area (Å²) in [5.74, 6) is 0.960. The van der Waals surface area contributed by atoms with E-state index in [2.05, 4.69) is 29.8 Å². The summed E-state index contributed by atoms with van der Waals surface area (Å²) in [4.78, 5) is 12.6. The molecule has 0 unspecified atom stereocenters. The van der Waals surface area contributed by atoms with Crippen molar-refractivity contribution in [3.63, 3.8) is 0 Å². The molecule has 0 spiro atoms. The minimum absolute atomic E-state index is 0.271. The maximum Gasteiger partial charge on any atom is 0.173 e. The van der Waals surface area contributed by atoms with Crippen LogP contribution >= 0.6 is 27.3 Å². The third kappa shape index (κ3) is 3.54. The summed E-state index contributed by atoms with van der Waals surface area (Å²) < 4.78 is 0.942. The van der Waals surface area contributed by atoms with Crippen molar-refractivity contribution in [3.05, 3.63) is 20.8 Å². The zero-order valence-corrected chi connectivity index (χ0v) is 11.0. The number of ketones is 1. The van der Waals surface area contributed by atoms with E-state index in [4.69, 9.17) is 0 Å². The van der Waals surface area contributed by atoms with Gasteiger partial charge in [-0.1, -0.05) is 20.3 Å². The Hall–Kier alpha value is -0.150. The summed E-state index contributed by atoms with van der Waals surface area (Å²) in [5.41, 5.74) is 0. The van der Waals surface area contributed by atoms with Crippen molar-refractivity contribution in [2.45, 2.75) is 33.1 Å². The molecule has 1 rings (SSSR count). The van der Waals surface area contributed by atoms with E-state index >= 15 is 0 Å². The molecule has 1 aromatic rings. The maximum absolute atomic E-state index is 11.7. The largest absolute Gasteiger partial charge is 0.293 e. The smallest absolute Gasteiger partial charge is 0.173 e. The van der Waals surface area contributed by atoms with Gasteiger partial charge in [0.25, 0.3) is 0 Å². The first-order valence-electron chi connectivity index (χ1n) is 4.87. The van der Waals surface area contributed by atoms with Crippen LogP contribution in [0.1, 0.15) is 42.8 Å². The molecule has 0 N–H and O–H groups in total. The number of halogens is 1. The first-order chi connectivity index (χ1) is 6.61. The molecule has 0 atom stereocenters. The van der Waals surface area contributed by atoms with Crippen molar-refractivity contribution < 1.29 is 4.79 Å². The first-order valence-corrected chi connectivity index (χ1v) is 6.54. The zero-order chi connectivity index (χ0) is 10.6. The van der Waals surface area contributed by atoms with Crippen molar-refractivity contribution in [2.24, 2.45) is 5.92 Å². The van der Waals surface area contributed by atoms with Crippen LogP contribution < -0.4 is 0 Å². The number of hydrogen-bond acceptors (Lipinski definition) is 2. The van der Waals surface area contributed by atoms with Crippen molar-refractivity contribution in [1.29, 1.82) is 0 Å². The Labute approximate surface area is 97.7 Å². The van der Waals surface area contributed by atoms with E-state index in [1.54, 1.807) is 0 Å². The molecule has 0 fully saturated rings. The highest BCUT2D eigenvalue weighted by molar-refractivity contribution is 9.10. The molecule has 0 aromatic carbocycles. The predicted molar refractivity (Wildman–Crippen MR) is 65.0 cm³/mol. The number of carbonyl (C=O) groups is 1. The van der Waals surface area contributed by atoms with E-state index in [9.17, 15) is 4.79 Å². The van der Waals surface area contributed by atoms with Gasteiger partial charge in [-0.15, -0.1) is 11.3 Å². The minimum atomic E-state index is 0.271. The summed E-state index contributed by atoms with van der Waals surface area (Å²) in [6.07, 6.45) is 2.81. The molecule has 14 heavy (non-hydrogen) atoms. The minimum Gasteiger partial charge on any atom is -0.293 e. The lowest BCUT2D eigenvalue weighted by atomic mass is 10.0. The van der Waals surface area contributed by atoms with Gasteiger partial charge in [-0.2, -0.15) is 0 Å². The van der Waals surface area contributed by atoms with E-state index in [0.29, 0.717) is 12.3 Å². The van der Waals surface area contributed by atoms with Crippen LogP contribution in [0.4, 0.5) is 0 Å². The highest BCUT2D eigenvalue weighted by atomic mass is 79.9. The van der Waals surface area contributed by atoms with Crippen LogP contribution in [0.25, 0.3) is 0 Å². The third-order valence-electron chi connectivity index (χ3n) is 2.06. The fraction of sp³-hybridized carbons (Fsp3) is 0.545. The Morgan fingerprint density at radius 3 is 2.79 bits per heavy atom. The molecule has 0 amide bonds. The summed E-state index contributed by atoms with van der Waals surface area (Å²) in [6, 6.07) is 1.93. The van der Waals surface area contributed by atoms with Crippen LogP contribution in [0.5, 0.6) is 0 Å². The molecule has 1 nitrogen and oxygen atoms in total. The van der Waals surface area contributed by atoms with Gasteiger partial charge >= 0.3 is 0 Å². The first kappa shape index (κ1) is 11.9. The highest BCUT2D eigenvalue weighted by Gasteiger charge is 2.10. The molecule has 0 aliphatic rings. The quantitative estimate of drug-likeness (QED) is 0.722. The van der Waals surface area contributed by atoms with Gasteiger partial charge in [0.2, 0.25) is 0 Å². The predicted octanol–water partition coefficient (Wildman–Crippen LogP) is 4.52. The van der Waals surface area contributed by atoms with Crippen LogP contribution in [0, 0.1) is 5.92 Å². The van der Waals surface area contributed by atoms with Gasteiger partial charge < -0.3 is 0 Å². The fourth-order valence-corrected chi connectivity index (χ4v) is 2.84. The average Bonchev–Trinajstić information content (AvgIpc) is 2.50. The van der Waals surface area contributed by atoms with Gasteiger partial charge in [0.1, 0.15) is 0 Å². The monoisotopic (exact) mass is 274 g/mol. The van der Waals surface area contributed by atoms with E-state index in [1.807, 2.05) is 11.4 Å². The van der Waals surface area contributed by atoms with Crippen LogP contribution in [-0.4, -0.2) is 5.78 Å². The van der Waals surface area contributed by atoms with E-state index in [1.165, 1.54) is 11.3 Å².